The number of nitrogens with zero attached hydrogens (tertiary/aromatic N) is 1. The van der Waals surface area contributed by atoms with E-state index in [1.165, 1.54) is 30.5 Å². The average molecular weight is 424 g/mol. The first-order valence-corrected chi connectivity index (χ1v) is 11.0. The zero-order valence-electron chi connectivity index (χ0n) is 17.7. The van der Waals surface area contributed by atoms with Crippen LogP contribution in [0.1, 0.15) is 31.2 Å². The SMILES string of the molecule is O=C(NCCCc1ccc(N2CCCCC2)cc1)C(=O)Nc1ccc2c(c1)OCCO2. The highest BCUT2D eigenvalue weighted by molar-refractivity contribution is 6.39. The van der Waals surface area contributed by atoms with Gasteiger partial charge in [-0.1, -0.05) is 12.1 Å². The summed E-state index contributed by atoms with van der Waals surface area (Å²) in [5.74, 6) is -0.133. The third-order valence-corrected chi connectivity index (χ3v) is 5.59. The molecule has 2 heterocycles. The maximum atomic E-state index is 12.1. The fraction of sp³-hybridized carbons (Fsp3) is 0.417. The Hall–Kier alpha value is -3.22. The standard InChI is InChI=1S/C24H29N3O4/c28-23(24(29)26-19-8-11-21-22(17-19)31-16-15-30-21)25-12-4-5-18-6-9-20(10-7-18)27-13-2-1-3-14-27/h6-11,17H,1-5,12-16H2,(H,25,28)(H,26,29). The van der Waals surface area contributed by atoms with Crippen LogP contribution in [0.2, 0.25) is 0 Å². The molecule has 4 rings (SSSR count). The number of rotatable bonds is 6. The van der Waals surface area contributed by atoms with Crippen molar-refractivity contribution in [2.75, 3.05) is 43.1 Å². The van der Waals surface area contributed by atoms with Crippen molar-refractivity contribution < 1.29 is 19.1 Å². The molecule has 0 aromatic heterocycles. The highest BCUT2D eigenvalue weighted by Crippen LogP contribution is 2.32. The molecule has 0 aliphatic carbocycles. The number of carbonyl (C=O) groups is 2. The number of amides is 2. The smallest absolute Gasteiger partial charge is 0.313 e. The van der Waals surface area contributed by atoms with Crippen LogP contribution in [0.3, 0.4) is 0 Å². The molecule has 0 bridgehead atoms. The van der Waals surface area contributed by atoms with Crippen molar-refractivity contribution in [1.82, 2.24) is 5.32 Å². The maximum Gasteiger partial charge on any atom is 0.313 e. The van der Waals surface area contributed by atoms with Crippen LogP contribution >= 0.6 is 0 Å². The highest BCUT2D eigenvalue weighted by Gasteiger charge is 2.16. The van der Waals surface area contributed by atoms with Crippen LogP contribution in [0.15, 0.2) is 42.5 Å². The van der Waals surface area contributed by atoms with E-state index in [0.29, 0.717) is 36.9 Å². The Kier molecular flexibility index (Phi) is 6.92. The zero-order valence-corrected chi connectivity index (χ0v) is 17.7. The lowest BCUT2D eigenvalue weighted by Crippen LogP contribution is -2.36. The zero-order chi connectivity index (χ0) is 21.5. The van der Waals surface area contributed by atoms with Gasteiger partial charge in [0.2, 0.25) is 0 Å². The molecular weight excluding hydrogens is 394 g/mol. The molecule has 0 unspecified atom stereocenters. The minimum Gasteiger partial charge on any atom is -0.486 e. The predicted octanol–water partition coefficient (Wildman–Crippen LogP) is 3.14. The highest BCUT2D eigenvalue weighted by atomic mass is 16.6. The summed E-state index contributed by atoms with van der Waals surface area (Å²) in [6.45, 7) is 3.69. The van der Waals surface area contributed by atoms with Gasteiger partial charge in [0.1, 0.15) is 13.2 Å². The number of benzene rings is 2. The van der Waals surface area contributed by atoms with E-state index in [1.807, 2.05) is 0 Å². The van der Waals surface area contributed by atoms with Crippen molar-refractivity contribution in [1.29, 1.82) is 0 Å². The Morgan fingerprint density at radius 3 is 2.39 bits per heavy atom. The minimum atomic E-state index is -0.692. The van der Waals surface area contributed by atoms with Gasteiger partial charge in [-0.25, -0.2) is 0 Å². The Morgan fingerprint density at radius 1 is 0.871 bits per heavy atom. The molecule has 2 aromatic carbocycles. The summed E-state index contributed by atoms with van der Waals surface area (Å²) >= 11 is 0. The maximum absolute atomic E-state index is 12.1. The number of fused-ring (bicyclic) bond motifs is 1. The van der Waals surface area contributed by atoms with Crippen LogP contribution in [0.5, 0.6) is 11.5 Å². The molecule has 7 nitrogen and oxygen atoms in total. The molecule has 164 valence electrons. The molecule has 0 spiro atoms. The van der Waals surface area contributed by atoms with Gasteiger partial charge in [-0.15, -0.1) is 0 Å². The number of ether oxygens (including phenoxy) is 2. The number of nitrogens with one attached hydrogen (secondary N) is 2. The monoisotopic (exact) mass is 423 g/mol. The summed E-state index contributed by atoms with van der Waals surface area (Å²) in [6, 6.07) is 13.7. The summed E-state index contributed by atoms with van der Waals surface area (Å²) in [5.41, 5.74) is 3.02. The van der Waals surface area contributed by atoms with Crippen molar-refractivity contribution in [2.45, 2.75) is 32.1 Å². The van der Waals surface area contributed by atoms with Crippen molar-refractivity contribution in [3.63, 3.8) is 0 Å². The summed E-state index contributed by atoms with van der Waals surface area (Å²) in [6.07, 6.45) is 5.48. The number of piperidine rings is 1. The lowest BCUT2D eigenvalue weighted by Gasteiger charge is -2.28. The Morgan fingerprint density at radius 2 is 1.61 bits per heavy atom. The van der Waals surface area contributed by atoms with E-state index in [1.54, 1.807) is 18.2 Å². The molecule has 2 aromatic rings. The topological polar surface area (TPSA) is 79.9 Å². The Bertz CT molecular complexity index is 908. The lowest BCUT2D eigenvalue weighted by molar-refractivity contribution is -0.136. The summed E-state index contributed by atoms with van der Waals surface area (Å²) in [5, 5.41) is 5.28. The van der Waals surface area contributed by atoms with Gasteiger partial charge >= 0.3 is 11.8 Å². The van der Waals surface area contributed by atoms with Crippen LogP contribution < -0.4 is 25.0 Å². The van der Waals surface area contributed by atoms with E-state index < -0.39 is 11.8 Å². The number of anilines is 2. The van der Waals surface area contributed by atoms with Crippen molar-refractivity contribution in [3.05, 3.63) is 48.0 Å². The van der Waals surface area contributed by atoms with Gasteiger partial charge in [-0.3, -0.25) is 9.59 Å². The molecule has 0 radical (unpaired) electrons. The quantitative estimate of drug-likeness (QED) is 0.551. The average Bonchev–Trinajstić information content (AvgIpc) is 2.82. The Labute approximate surface area is 182 Å². The van der Waals surface area contributed by atoms with Crippen molar-refractivity contribution in [3.8, 4) is 11.5 Å². The normalized spacial score (nSPS) is 15.3. The third kappa shape index (κ3) is 5.69. The van der Waals surface area contributed by atoms with E-state index in [9.17, 15) is 9.59 Å². The van der Waals surface area contributed by atoms with Gasteiger partial charge in [0.05, 0.1) is 0 Å². The van der Waals surface area contributed by atoms with Crippen LogP contribution in [0, 0.1) is 0 Å². The van der Waals surface area contributed by atoms with Crippen LogP contribution in [-0.2, 0) is 16.0 Å². The van der Waals surface area contributed by atoms with E-state index in [-0.39, 0.29) is 0 Å². The van der Waals surface area contributed by atoms with Crippen molar-refractivity contribution >= 4 is 23.2 Å². The second kappa shape index (κ2) is 10.2. The first kappa shape index (κ1) is 21.0. The summed E-state index contributed by atoms with van der Waals surface area (Å²) < 4.78 is 10.9. The summed E-state index contributed by atoms with van der Waals surface area (Å²) in [4.78, 5) is 26.7. The van der Waals surface area contributed by atoms with E-state index in [2.05, 4.69) is 39.8 Å². The number of carbonyl (C=O) groups excluding carboxylic acids is 2. The second-order valence-electron chi connectivity index (χ2n) is 7.89. The Balaban J connectivity index is 1.18. The van der Waals surface area contributed by atoms with Crippen LogP contribution in [-0.4, -0.2) is 44.7 Å². The van der Waals surface area contributed by atoms with E-state index >= 15 is 0 Å². The molecule has 1 saturated heterocycles. The van der Waals surface area contributed by atoms with E-state index in [0.717, 1.165) is 25.9 Å². The minimum absolute atomic E-state index is 0.446. The summed E-state index contributed by atoms with van der Waals surface area (Å²) in [7, 11) is 0. The largest absolute Gasteiger partial charge is 0.486 e. The molecule has 1 fully saturated rings. The second-order valence-corrected chi connectivity index (χ2v) is 7.89. The number of hydrogen-bond acceptors (Lipinski definition) is 5. The molecule has 2 aliphatic heterocycles. The van der Waals surface area contributed by atoms with Gasteiger partial charge in [0.15, 0.2) is 11.5 Å². The number of hydrogen-bond donors (Lipinski definition) is 2. The molecule has 0 saturated carbocycles. The van der Waals surface area contributed by atoms with Gasteiger partial charge < -0.3 is 25.0 Å². The lowest BCUT2D eigenvalue weighted by atomic mass is 10.1. The van der Waals surface area contributed by atoms with Crippen LogP contribution in [0.25, 0.3) is 0 Å². The molecular formula is C24H29N3O4. The number of aryl methyl sites for hydroxylation is 1. The third-order valence-electron chi connectivity index (χ3n) is 5.59. The van der Waals surface area contributed by atoms with E-state index in [4.69, 9.17) is 9.47 Å². The molecule has 31 heavy (non-hydrogen) atoms. The van der Waals surface area contributed by atoms with Gasteiger partial charge in [0.25, 0.3) is 0 Å². The first-order valence-electron chi connectivity index (χ1n) is 11.0. The van der Waals surface area contributed by atoms with Crippen molar-refractivity contribution in [2.24, 2.45) is 0 Å². The molecule has 0 atom stereocenters. The predicted molar refractivity (Wildman–Crippen MR) is 120 cm³/mol. The fourth-order valence-corrected chi connectivity index (χ4v) is 3.91. The van der Waals surface area contributed by atoms with Gasteiger partial charge in [-0.05, 0) is 61.9 Å². The molecule has 2 aliphatic rings. The molecule has 2 amide bonds. The van der Waals surface area contributed by atoms with Crippen LogP contribution in [0.4, 0.5) is 11.4 Å². The molecule has 7 heteroatoms. The van der Waals surface area contributed by atoms with Gasteiger partial charge in [-0.2, -0.15) is 0 Å². The molecule has 2 N–H and O–H groups in total. The van der Waals surface area contributed by atoms with Gasteiger partial charge in [0, 0.05) is 37.1 Å². The first-order chi connectivity index (χ1) is 15.2. The fourth-order valence-electron chi connectivity index (χ4n) is 3.91.